The maximum Gasteiger partial charge on any atom is 0.123 e. The van der Waals surface area contributed by atoms with E-state index in [0.717, 1.165) is 11.3 Å². The Hall–Kier alpha value is -2.60. The molecule has 0 aliphatic heterocycles. The van der Waals surface area contributed by atoms with E-state index in [1.54, 1.807) is 18.2 Å². The second-order valence-corrected chi connectivity index (χ2v) is 4.92. The number of hydrogen-bond donors (Lipinski definition) is 0. The van der Waals surface area contributed by atoms with Crippen molar-refractivity contribution in [1.29, 1.82) is 5.26 Å². The molecule has 0 aliphatic rings. The van der Waals surface area contributed by atoms with Gasteiger partial charge in [0.25, 0.3) is 0 Å². The van der Waals surface area contributed by atoms with E-state index in [1.165, 1.54) is 12.1 Å². The minimum atomic E-state index is -0.352. The highest BCUT2D eigenvalue weighted by Gasteiger charge is 2.03. The van der Waals surface area contributed by atoms with Crippen LogP contribution in [0.5, 0.6) is 5.75 Å². The van der Waals surface area contributed by atoms with Gasteiger partial charge in [0.2, 0.25) is 0 Å². The molecule has 0 bridgehead atoms. The van der Waals surface area contributed by atoms with Crippen molar-refractivity contribution in [2.24, 2.45) is 0 Å². The van der Waals surface area contributed by atoms with Crippen LogP contribution in [0.1, 0.15) is 25.0 Å². The Bertz CT molecular complexity index is 681. The standard InChI is InChI=1S/C18H16FNO/c1-13(2)21-18-8-6-14(7-9-18)10-16(12-20)15-4-3-5-17(19)11-15/h3-11,13H,1-2H3/b16-10-. The molecule has 2 rings (SSSR count). The Morgan fingerprint density at radius 3 is 2.48 bits per heavy atom. The van der Waals surface area contributed by atoms with Gasteiger partial charge in [0.05, 0.1) is 17.7 Å². The van der Waals surface area contributed by atoms with Crippen molar-refractivity contribution in [1.82, 2.24) is 0 Å². The molecule has 0 heterocycles. The minimum Gasteiger partial charge on any atom is -0.491 e. The Balaban J connectivity index is 2.26. The van der Waals surface area contributed by atoms with Crippen LogP contribution in [0, 0.1) is 17.1 Å². The van der Waals surface area contributed by atoms with Gasteiger partial charge < -0.3 is 4.74 Å². The first-order valence-electron chi connectivity index (χ1n) is 6.73. The van der Waals surface area contributed by atoms with Crippen molar-refractivity contribution in [3.05, 3.63) is 65.5 Å². The minimum absolute atomic E-state index is 0.119. The molecule has 0 N–H and O–H groups in total. The summed E-state index contributed by atoms with van der Waals surface area (Å²) in [5.41, 5.74) is 1.86. The molecular formula is C18H16FNO. The lowest BCUT2D eigenvalue weighted by Crippen LogP contribution is -2.05. The molecule has 0 unspecified atom stereocenters. The normalized spacial score (nSPS) is 11.3. The van der Waals surface area contributed by atoms with Crippen LogP contribution < -0.4 is 4.74 Å². The Kier molecular flexibility index (Phi) is 4.73. The molecule has 0 radical (unpaired) electrons. The zero-order chi connectivity index (χ0) is 15.2. The van der Waals surface area contributed by atoms with Gasteiger partial charge in [0.1, 0.15) is 11.6 Å². The second kappa shape index (κ2) is 6.71. The summed E-state index contributed by atoms with van der Waals surface area (Å²) in [6.07, 6.45) is 1.85. The second-order valence-electron chi connectivity index (χ2n) is 4.92. The van der Waals surface area contributed by atoms with Crippen molar-refractivity contribution in [2.45, 2.75) is 20.0 Å². The average molecular weight is 281 g/mol. The smallest absolute Gasteiger partial charge is 0.123 e. The van der Waals surface area contributed by atoms with Crippen LogP contribution in [0.3, 0.4) is 0 Å². The van der Waals surface area contributed by atoms with Crippen molar-refractivity contribution in [2.75, 3.05) is 0 Å². The topological polar surface area (TPSA) is 33.0 Å². The van der Waals surface area contributed by atoms with Gasteiger partial charge >= 0.3 is 0 Å². The Morgan fingerprint density at radius 2 is 1.90 bits per heavy atom. The lowest BCUT2D eigenvalue weighted by Gasteiger charge is -2.09. The average Bonchev–Trinajstić information content (AvgIpc) is 2.46. The molecule has 3 heteroatoms. The molecule has 106 valence electrons. The van der Waals surface area contributed by atoms with Gasteiger partial charge in [0, 0.05) is 0 Å². The molecule has 0 aliphatic carbocycles. The van der Waals surface area contributed by atoms with Crippen LogP contribution in [-0.4, -0.2) is 6.10 Å². The number of halogens is 1. The maximum absolute atomic E-state index is 13.2. The van der Waals surface area contributed by atoms with Crippen molar-refractivity contribution >= 4 is 11.6 Å². The molecule has 2 aromatic carbocycles. The summed E-state index contributed by atoms with van der Waals surface area (Å²) in [5, 5.41) is 9.24. The van der Waals surface area contributed by atoms with Gasteiger partial charge in [-0.25, -0.2) is 4.39 Å². The lowest BCUT2D eigenvalue weighted by atomic mass is 10.0. The lowest BCUT2D eigenvalue weighted by molar-refractivity contribution is 0.242. The highest BCUT2D eigenvalue weighted by Crippen LogP contribution is 2.20. The zero-order valence-corrected chi connectivity index (χ0v) is 12.0. The van der Waals surface area contributed by atoms with Gasteiger partial charge in [-0.15, -0.1) is 0 Å². The van der Waals surface area contributed by atoms with Gasteiger partial charge in [-0.2, -0.15) is 5.26 Å². The molecule has 21 heavy (non-hydrogen) atoms. The first-order valence-corrected chi connectivity index (χ1v) is 6.73. The molecule has 2 aromatic rings. The van der Waals surface area contributed by atoms with Crippen LogP contribution >= 0.6 is 0 Å². The summed E-state index contributed by atoms with van der Waals surface area (Å²) in [7, 11) is 0. The summed E-state index contributed by atoms with van der Waals surface area (Å²) in [6, 6.07) is 15.6. The third kappa shape index (κ3) is 4.19. The molecule has 0 atom stereocenters. The van der Waals surface area contributed by atoms with Crippen LogP contribution in [0.2, 0.25) is 0 Å². The summed E-state index contributed by atoms with van der Waals surface area (Å²) < 4.78 is 18.8. The number of nitriles is 1. The predicted octanol–water partition coefficient (Wildman–Crippen LogP) is 4.68. The fourth-order valence-electron chi connectivity index (χ4n) is 1.92. The molecule has 2 nitrogen and oxygen atoms in total. The molecule has 0 spiro atoms. The molecule has 0 fully saturated rings. The molecule has 0 amide bonds. The Labute approximate surface area is 124 Å². The quantitative estimate of drug-likeness (QED) is 0.602. The molecule has 0 saturated heterocycles. The zero-order valence-electron chi connectivity index (χ0n) is 12.0. The third-order valence-electron chi connectivity index (χ3n) is 2.82. The van der Waals surface area contributed by atoms with Crippen molar-refractivity contribution < 1.29 is 9.13 Å². The first-order chi connectivity index (χ1) is 10.1. The van der Waals surface area contributed by atoms with Crippen LogP contribution in [-0.2, 0) is 0 Å². The van der Waals surface area contributed by atoms with E-state index in [2.05, 4.69) is 6.07 Å². The summed E-state index contributed by atoms with van der Waals surface area (Å²) in [6.45, 7) is 3.93. The monoisotopic (exact) mass is 281 g/mol. The fraction of sp³-hybridized carbons (Fsp3) is 0.167. The van der Waals surface area contributed by atoms with E-state index in [9.17, 15) is 9.65 Å². The van der Waals surface area contributed by atoms with Gasteiger partial charge in [-0.05, 0) is 55.3 Å². The van der Waals surface area contributed by atoms with Gasteiger partial charge in [-0.3, -0.25) is 0 Å². The highest BCUT2D eigenvalue weighted by atomic mass is 19.1. The summed E-state index contributed by atoms with van der Waals surface area (Å²) in [5.74, 6) is 0.431. The summed E-state index contributed by atoms with van der Waals surface area (Å²) in [4.78, 5) is 0. The van der Waals surface area contributed by atoms with E-state index in [0.29, 0.717) is 11.1 Å². The number of allylic oxidation sites excluding steroid dienone is 1. The molecular weight excluding hydrogens is 265 g/mol. The van der Waals surface area contributed by atoms with E-state index in [4.69, 9.17) is 4.74 Å². The fourth-order valence-corrected chi connectivity index (χ4v) is 1.92. The number of benzene rings is 2. The van der Waals surface area contributed by atoms with E-state index < -0.39 is 0 Å². The van der Waals surface area contributed by atoms with Crippen molar-refractivity contribution in [3.8, 4) is 11.8 Å². The van der Waals surface area contributed by atoms with E-state index >= 15 is 0 Å². The molecule has 0 aromatic heterocycles. The highest BCUT2D eigenvalue weighted by molar-refractivity contribution is 5.89. The SMILES string of the molecule is CC(C)Oc1ccc(/C=C(/C#N)c2cccc(F)c2)cc1. The number of hydrogen-bond acceptors (Lipinski definition) is 2. The van der Waals surface area contributed by atoms with E-state index in [1.807, 2.05) is 38.1 Å². The predicted molar refractivity (Wildman–Crippen MR) is 82.1 cm³/mol. The van der Waals surface area contributed by atoms with Gasteiger partial charge in [0.15, 0.2) is 0 Å². The van der Waals surface area contributed by atoms with E-state index in [-0.39, 0.29) is 11.9 Å². The van der Waals surface area contributed by atoms with Crippen LogP contribution in [0.15, 0.2) is 48.5 Å². The summed E-state index contributed by atoms with van der Waals surface area (Å²) >= 11 is 0. The number of nitrogens with zero attached hydrogens (tertiary/aromatic N) is 1. The number of rotatable bonds is 4. The molecule has 0 saturated carbocycles. The van der Waals surface area contributed by atoms with Gasteiger partial charge in [-0.1, -0.05) is 24.3 Å². The van der Waals surface area contributed by atoms with Crippen LogP contribution in [0.25, 0.3) is 11.6 Å². The third-order valence-corrected chi connectivity index (χ3v) is 2.82. The Morgan fingerprint density at radius 1 is 1.19 bits per heavy atom. The maximum atomic E-state index is 13.2. The number of ether oxygens (including phenoxy) is 1. The van der Waals surface area contributed by atoms with Crippen molar-refractivity contribution in [3.63, 3.8) is 0 Å². The largest absolute Gasteiger partial charge is 0.491 e. The van der Waals surface area contributed by atoms with Crippen LogP contribution in [0.4, 0.5) is 4.39 Å². The first kappa shape index (κ1) is 14.8.